The lowest BCUT2D eigenvalue weighted by Crippen LogP contribution is -1.78. The van der Waals surface area contributed by atoms with E-state index < -0.39 is 0 Å². The fraction of sp³-hybridized carbons (Fsp3) is 0. The molecule has 30 heavy (non-hydrogen) atoms. The molecule has 5 rings (SSSR count). The molecule has 0 fully saturated rings. The summed E-state index contributed by atoms with van der Waals surface area (Å²) in [6.07, 6.45) is 5.77. The van der Waals surface area contributed by atoms with E-state index >= 15 is 0 Å². The van der Waals surface area contributed by atoms with E-state index in [1.54, 1.807) is 6.20 Å². The van der Waals surface area contributed by atoms with Crippen LogP contribution in [0.2, 0.25) is 0 Å². The lowest BCUT2D eigenvalue weighted by atomic mass is 10.1. The second-order valence-electron chi connectivity index (χ2n) is 6.92. The Hall–Kier alpha value is -4.11. The quantitative estimate of drug-likeness (QED) is 0.313. The molecule has 144 valence electrons. The first-order valence-electron chi connectivity index (χ1n) is 9.80. The van der Waals surface area contributed by atoms with Gasteiger partial charge in [-0.05, 0) is 35.9 Å². The van der Waals surface area contributed by atoms with Gasteiger partial charge in [0.25, 0.3) is 0 Å². The lowest BCUT2D eigenvalue weighted by molar-refractivity contribution is 0.572. The third-order valence-corrected chi connectivity index (χ3v) is 4.85. The van der Waals surface area contributed by atoms with Gasteiger partial charge < -0.3 is 8.83 Å². The van der Waals surface area contributed by atoms with Crippen LogP contribution >= 0.6 is 0 Å². The highest BCUT2D eigenvalue weighted by atomic mass is 16.4. The third-order valence-electron chi connectivity index (χ3n) is 4.85. The first kappa shape index (κ1) is 18.0. The molecule has 0 aliphatic rings. The summed E-state index contributed by atoms with van der Waals surface area (Å²) in [4.78, 5) is 4.42. The summed E-state index contributed by atoms with van der Waals surface area (Å²) in [5, 5.41) is 0. The molecule has 0 atom stereocenters. The highest BCUT2D eigenvalue weighted by Gasteiger charge is 2.08. The van der Waals surface area contributed by atoms with E-state index in [1.165, 1.54) is 0 Å². The zero-order chi connectivity index (χ0) is 20.2. The fourth-order valence-electron chi connectivity index (χ4n) is 3.26. The van der Waals surface area contributed by atoms with E-state index in [2.05, 4.69) is 4.98 Å². The molecule has 3 aromatic carbocycles. The Labute approximate surface area is 175 Å². The van der Waals surface area contributed by atoms with Gasteiger partial charge in [0.15, 0.2) is 5.76 Å². The molecule has 2 aromatic heterocycles. The van der Waals surface area contributed by atoms with Crippen molar-refractivity contribution in [1.29, 1.82) is 0 Å². The minimum absolute atomic E-state index is 0.614. The van der Waals surface area contributed by atoms with Crippen molar-refractivity contribution in [2.75, 3.05) is 0 Å². The van der Waals surface area contributed by atoms with E-state index in [0.717, 1.165) is 39.5 Å². The number of hydrogen-bond acceptors (Lipinski definition) is 3. The molecule has 0 N–H and O–H groups in total. The Balaban J connectivity index is 1.30. The number of hydrogen-bond donors (Lipinski definition) is 0. The molecule has 5 aromatic rings. The lowest BCUT2D eigenvalue weighted by Gasteiger charge is -1.98. The number of nitrogens with zero attached hydrogens (tertiary/aromatic N) is 1. The SMILES string of the molecule is C(=Cc1ccc(-c2ccccc2)o1)c1ccc(-c2ncc(-c3ccccc3)o2)cc1. The van der Waals surface area contributed by atoms with E-state index in [0.29, 0.717) is 5.89 Å². The maximum absolute atomic E-state index is 5.93. The second kappa shape index (κ2) is 8.10. The predicted octanol–water partition coefficient (Wildman–Crippen LogP) is 7.44. The Morgan fingerprint density at radius 3 is 1.90 bits per heavy atom. The summed E-state index contributed by atoms with van der Waals surface area (Å²) in [5.41, 5.74) is 4.11. The standard InChI is InChI=1S/C27H19NO2/c1-3-7-21(8-4-1)25-18-17-24(29-25)16-13-20-11-14-23(15-12-20)27-28-19-26(30-27)22-9-5-2-6-10-22/h1-19H. The van der Waals surface area contributed by atoms with Gasteiger partial charge >= 0.3 is 0 Å². The minimum Gasteiger partial charge on any atom is -0.457 e. The summed E-state index contributed by atoms with van der Waals surface area (Å²) >= 11 is 0. The van der Waals surface area contributed by atoms with Crippen molar-refractivity contribution in [1.82, 2.24) is 4.98 Å². The first-order valence-corrected chi connectivity index (χ1v) is 9.80. The van der Waals surface area contributed by atoms with Crippen LogP contribution in [0, 0.1) is 0 Å². The van der Waals surface area contributed by atoms with Crippen LogP contribution in [-0.2, 0) is 0 Å². The van der Waals surface area contributed by atoms with Crippen molar-refractivity contribution < 1.29 is 8.83 Å². The topological polar surface area (TPSA) is 39.2 Å². The van der Waals surface area contributed by atoms with Crippen molar-refractivity contribution in [3.8, 4) is 34.1 Å². The van der Waals surface area contributed by atoms with Crippen molar-refractivity contribution in [2.45, 2.75) is 0 Å². The summed E-state index contributed by atoms with van der Waals surface area (Å²) in [6.45, 7) is 0. The Kier molecular flexibility index (Phi) is 4.84. The summed E-state index contributed by atoms with van der Waals surface area (Å²) in [7, 11) is 0. The molecule has 0 saturated heterocycles. The van der Waals surface area contributed by atoms with Crippen molar-refractivity contribution in [3.05, 3.63) is 115 Å². The van der Waals surface area contributed by atoms with Gasteiger partial charge in [0.05, 0.1) is 6.20 Å². The molecule has 0 saturated carbocycles. The smallest absolute Gasteiger partial charge is 0.226 e. The van der Waals surface area contributed by atoms with Crippen LogP contribution < -0.4 is 0 Å². The molecule has 2 heterocycles. The van der Waals surface area contributed by atoms with Crippen LogP contribution in [0.1, 0.15) is 11.3 Å². The zero-order valence-corrected chi connectivity index (χ0v) is 16.2. The van der Waals surface area contributed by atoms with Crippen LogP contribution in [0.3, 0.4) is 0 Å². The van der Waals surface area contributed by atoms with Gasteiger partial charge in [-0.3, -0.25) is 0 Å². The molecule has 0 spiro atoms. The van der Waals surface area contributed by atoms with Gasteiger partial charge in [-0.15, -0.1) is 0 Å². The summed E-state index contributed by atoms with van der Waals surface area (Å²) < 4.78 is 11.8. The average molecular weight is 389 g/mol. The number of benzene rings is 3. The second-order valence-corrected chi connectivity index (χ2v) is 6.92. The molecule has 0 aliphatic carbocycles. The fourth-order valence-corrected chi connectivity index (χ4v) is 3.26. The van der Waals surface area contributed by atoms with Crippen LogP contribution in [0.15, 0.2) is 112 Å². The van der Waals surface area contributed by atoms with Crippen molar-refractivity contribution in [3.63, 3.8) is 0 Å². The van der Waals surface area contributed by atoms with Crippen molar-refractivity contribution in [2.24, 2.45) is 0 Å². The molecule has 0 amide bonds. The van der Waals surface area contributed by atoms with Gasteiger partial charge in [-0.25, -0.2) is 4.98 Å². The maximum atomic E-state index is 5.93. The van der Waals surface area contributed by atoms with E-state index in [1.807, 2.05) is 109 Å². The average Bonchev–Trinajstić information content (AvgIpc) is 3.50. The van der Waals surface area contributed by atoms with Gasteiger partial charge in [-0.1, -0.05) is 78.9 Å². The van der Waals surface area contributed by atoms with E-state index in [4.69, 9.17) is 8.83 Å². The zero-order valence-electron chi connectivity index (χ0n) is 16.2. The van der Waals surface area contributed by atoms with Crippen LogP contribution in [-0.4, -0.2) is 4.98 Å². The molecule has 0 unspecified atom stereocenters. The normalized spacial score (nSPS) is 11.2. The molecule has 0 radical (unpaired) electrons. The largest absolute Gasteiger partial charge is 0.457 e. The van der Waals surface area contributed by atoms with Gasteiger partial charge in [0.1, 0.15) is 11.5 Å². The van der Waals surface area contributed by atoms with Gasteiger partial charge in [0.2, 0.25) is 5.89 Å². The molecular weight excluding hydrogens is 370 g/mol. The number of aromatic nitrogens is 1. The Bertz CT molecular complexity index is 1260. The van der Waals surface area contributed by atoms with Crippen LogP contribution in [0.5, 0.6) is 0 Å². The summed E-state index contributed by atoms with van der Waals surface area (Å²) in [6, 6.07) is 32.1. The highest BCUT2D eigenvalue weighted by molar-refractivity contribution is 5.70. The molecule has 3 heteroatoms. The molecular formula is C27H19NO2. The van der Waals surface area contributed by atoms with Crippen molar-refractivity contribution >= 4 is 12.2 Å². The summed E-state index contributed by atoms with van der Waals surface area (Å²) in [5.74, 6) is 3.06. The van der Waals surface area contributed by atoms with Gasteiger partial charge in [-0.2, -0.15) is 0 Å². The third kappa shape index (κ3) is 3.87. The predicted molar refractivity (Wildman–Crippen MR) is 120 cm³/mol. The minimum atomic E-state index is 0.614. The Morgan fingerprint density at radius 1 is 0.533 bits per heavy atom. The van der Waals surface area contributed by atoms with Crippen LogP contribution in [0.4, 0.5) is 0 Å². The van der Waals surface area contributed by atoms with Crippen LogP contribution in [0.25, 0.3) is 46.3 Å². The number of oxazole rings is 1. The number of furan rings is 1. The molecule has 3 nitrogen and oxygen atoms in total. The maximum Gasteiger partial charge on any atom is 0.226 e. The monoisotopic (exact) mass is 389 g/mol. The Morgan fingerprint density at radius 2 is 1.20 bits per heavy atom. The van der Waals surface area contributed by atoms with E-state index in [9.17, 15) is 0 Å². The first-order chi connectivity index (χ1) is 14.8. The van der Waals surface area contributed by atoms with Gasteiger partial charge in [0, 0.05) is 16.7 Å². The molecule has 0 bridgehead atoms. The number of rotatable bonds is 5. The highest BCUT2D eigenvalue weighted by Crippen LogP contribution is 2.27. The van der Waals surface area contributed by atoms with E-state index in [-0.39, 0.29) is 0 Å². The molecule has 0 aliphatic heterocycles.